The van der Waals surface area contributed by atoms with Crippen LogP contribution in [0.3, 0.4) is 0 Å². The van der Waals surface area contributed by atoms with Gasteiger partial charge in [0.2, 0.25) is 5.82 Å². The minimum absolute atomic E-state index is 0.163. The van der Waals surface area contributed by atoms with Gasteiger partial charge in [-0.05, 0) is 31.1 Å². The maximum atomic E-state index is 12.8. The first-order chi connectivity index (χ1) is 9.69. The van der Waals surface area contributed by atoms with Crippen LogP contribution in [-0.2, 0) is 6.18 Å². The topological polar surface area (TPSA) is 49.8 Å². The summed E-state index contributed by atoms with van der Waals surface area (Å²) in [5.41, 5.74) is 0.317. The first kappa shape index (κ1) is 15.9. The van der Waals surface area contributed by atoms with Crippen molar-refractivity contribution in [1.82, 2.24) is 9.97 Å². The lowest BCUT2D eigenvalue weighted by molar-refractivity contribution is -0.144. The molecule has 2 rings (SSSR count). The molecule has 0 saturated heterocycles. The summed E-state index contributed by atoms with van der Waals surface area (Å²) in [5, 5.41) is 5.75. The molecule has 2 N–H and O–H groups in total. The van der Waals surface area contributed by atoms with E-state index in [2.05, 4.69) is 34.4 Å². The van der Waals surface area contributed by atoms with E-state index in [0.717, 1.165) is 25.7 Å². The Morgan fingerprint density at radius 2 is 1.71 bits per heavy atom. The van der Waals surface area contributed by atoms with Crippen LogP contribution in [0.1, 0.15) is 45.4 Å². The number of nitrogens with zero attached hydrogens (tertiary/aromatic N) is 2. The van der Waals surface area contributed by atoms with E-state index in [9.17, 15) is 13.2 Å². The molecule has 1 aliphatic carbocycles. The third-order valence-electron chi connectivity index (χ3n) is 3.93. The lowest BCUT2D eigenvalue weighted by atomic mass is 9.75. The van der Waals surface area contributed by atoms with Crippen molar-refractivity contribution in [3.8, 4) is 0 Å². The van der Waals surface area contributed by atoms with E-state index in [1.807, 2.05) is 0 Å². The van der Waals surface area contributed by atoms with Crippen LogP contribution in [0.4, 0.5) is 24.8 Å². The summed E-state index contributed by atoms with van der Waals surface area (Å²) >= 11 is 0. The third kappa shape index (κ3) is 4.22. The van der Waals surface area contributed by atoms with Crippen LogP contribution in [0.5, 0.6) is 0 Å². The second kappa shape index (κ2) is 5.69. The van der Waals surface area contributed by atoms with Gasteiger partial charge in [0.05, 0.1) is 0 Å². The number of anilines is 2. The van der Waals surface area contributed by atoms with Gasteiger partial charge in [-0.2, -0.15) is 13.2 Å². The molecule has 0 unspecified atom stereocenters. The number of rotatable bonds is 3. The van der Waals surface area contributed by atoms with Gasteiger partial charge in [-0.15, -0.1) is 0 Å². The summed E-state index contributed by atoms with van der Waals surface area (Å²) in [6.45, 7) is 4.43. The van der Waals surface area contributed by atoms with Crippen molar-refractivity contribution in [3.05, 3.63) is 11.9 Å². The summed E-state index contributed by atoms with van der Waals surface area (Å²) in [6.07, 6.45) is -0.556. The van der Waals surface area contributed by atoms with E-state index in [1.165, 1.54) is 13.1 Å². The van der Waals surface area contributed by atoms with E-state index >= 15 is 0 Å². The van der Waals surface area contributed by atoms with Gasteiger partial charge >= 0.3 is 6.18 Å². The lowest BCUT2D eigenvalue weighted by Gasteiger charge is -2.34. The molecule has 0 bridgehead atoms. The Bertz CT molecular complexity index is 489. The van der Waals surface area contributed by atoms with Crippen LogP contribution in [-0.4, -0.2) is 23.1 Å². The first-order valence-corrected chi connectivity index (χ1v) is 7.10. The Balaban J connectivity index is 2.13. The molecule has 1 aromatic heterocycles. The fourth-order valence-corrected chi connectivity index (χ4v) is 2.53. The van der Waals surface area contributed by atoms with Crippen molar-refractivity contribution in [1.29, 1.82) is 0 Å². The second-order valence-corrected chi connectivity index (χ2v) is 6.29. The highest BCUT2D eigenvalue weighted by atomic mass is 19.4. The zero-order valence-electron chi connectivity index (χ0n) is 12.5. The molecule has 4 nitrogen and oxygen atoms in total. The Morgan fingerprint density at radius 3 is 2.24 bits per heavy atom. The quantitative estimate of drug-likeness (QED) is 0.888. The molecular weight excluding hydrogens is 281 g/mol. The summed E-state index contributed by atoms with van der Waals surface area (Å²) in [4.78, 5) is 7.05. The van der Waals surface area contributed by atoms with E-state index in [-0.39, 0.29) is 17.7 Å². The molecule has 1 saturated carbocycles. The average molecular weight is 302 g/mol. The molecule has 7 heteroatoms. The maximum Gasteiger partial charge on any atom is 0.451 e. The van der Waals surface area contributed by atoms with Gasteiger partial charge in [-0.3, -0.25) is 0 Å². The molecule has 1 heterocycles. The van der Waals surface area contributed by atoms with E-state index in [4.69, 9.17) is 0 Å². The van der Waals surface area contributed by atoms with Crippen molar-refractivity contribution in [2.45, 2.75) is 51.7 Å². The van der Waals surface area contributed by atoms with Crippen LogP contribution in [0.25, 0.3) is 0 Å². The minimum Gasteiger partial charge on any atom is -0.373 e. The molecule has 0 atom stereocenters. The van der Waals surface area contributed by atoms with Crippen LogP contribution in [0, 0.1) is 5.41 Å². The van der Waals surface area contributed by atoms with Gasteiger partial charge in [0.15, 0.2) is 0 Å². The Hall–Kier alpha value is -1.53. The van der Waals surface area contributed by atoms with Gasteiger partial charge < -0.3 is 10.6 Å². The van der Waals surface area contributed by atoms with Gasteiger partial charge in [-0.25, -0.2) is 9.97 Å². The van der Waals surface area contributed by atoms with Crippen LogP contribution < -0.4 is 10.6 Å². The normalized spacial score (nSPS) is 19.3. The Kier molecular flexibility index (Phi) is 4.30. The van der Waals surface area contributed by atoms with Gasteiger partial charge in [-0.1, -0.05) is 13.8 Å². The Labute approximate surface area is 122 Å². The molecule has 118 valence electrons. The van der Waals surface area contributed by atoms with E-state index < -0.39 is 12.0 Å². The lowest BCUT2D eigenvalue weighted by Crippen LogP contribution is -2.30. The molecule has 0 spiro atoms. The molecule has 0 aromatic carbocycles. The second-order valence-electron chi connectivity index (χ2n) is 6.29. The maximum absolute atomic E-state index is 12.8. The van der Waals surface area contributed by atoms with Crippen molar-refractivity contribution in [3.63, 3.8) is 0 Å². The highest BCUT2D eigenvalue weighted by molar-refractivity contribution is 5.48. The summed E-state index contributed by atoms with van der Waals surface area (Å²) in [7, 11) is 1.54. The fourth-order valence-electron chi connectivity index (χ4n) is 2.53. The van der Waals surface area contributed by atoms with Crippen molar-refractivity contribution in [2.24, 2.45) is 5.41 Å². The van der Waals surface area contributed by atoms with E-state index in [0.29, 0.717) is 5.41 Å². The summed E-state index contributed by atoms with van der Waals surface area (Å²) in [5.74, 6) is -0.727. The fraction of sp³-hybridized carbons (Fsp3) is 0.714. The summed E-state index contributed by atoms with van der Waals surface area (Å²) < 4.78 is 38.4. The molecule has 0 radical (unpaired) electrons. The number of nitrogens with one attached hydrogen (secondary N) is 2. The third-order valence-corrected chi connectivity index (χ3v) is 3.93. The smallest absolute Gasteiger partial charge is 0.373 e. The minimum atomic E-state index is -4.54. The Morgan fingerprint density at radius 1 is 1.14 bits per heavy atom. The molecule has 1 aliphatic rings. The molecular formula is C14H21F3N4. The average Bonchev–Trinajstić information content (AvgIpc) is 2.40. The number of alkyl halides is 3. The van der Waals surface area contributed by atoms with Crippen LogP contribution >= 0.6 is 0 Å². The number of hydrogen-bond acceptors (Lipinski definition) is 4. The highest BCUT2D eigenvalue weighted by Crippen LogP contribution is 2.36. The number of hydrogen-bond donors (Lipinski definition) is 2. The molecule has 1 fully saturated rings. The van der Waals surface area contributed by atoms with E-state index in [1.54, 1.807) is 0 Å². The van der Waals surface area contributed by atoms with Crippen molar-refractivity contribution < 1.29 is 13.2 Å². The van der Waals surface area contributed by atoms with Crippen LogP contribution in [0.15, 0.2) is 6.07 Å². The molecule has 1 aromatic rings. The standard InChI is InChI=1S/C14H21F3N4/c1-13(2)6-4-9(5-7-13)19-11-8-10(18-3)20-12(21-11)14(15,16)17/h8-9H,4-7H2,1-3H3,(H2,18,19,20,21). The van der Waals surface area contributed by atoms with Gasteiger partial charge in [0.1, 0.15) is 11.6 Å². The largest absolute Gasteiger partial charge is 0.451 e. The first-order valence-electron chi connectivity index (χ1n) is 7.10. The van der Waals surface area contributed by atoms with Crippen molar-refractivity contribution in [2.75, 3.05) is 17.7 Å². The van der Waals surface area contributed by atoms with Gasteiger partial charge in [0, 0.05) is 19.2 Å². The predicted molar refractivity (Wildman–Crippen MR) is 76.2 cm³/mol. The van der Waals surface area contributed by atoms with Gasteiger partial charge in [0.25, 0.3) is 0 Å². The molecule has 0 aliphatic heterocycles. The zero-order chi connectivity index (χ0) is 15.7. The predicted octanol–water partition coefficient (Wildman–Crippen LogP) is 3.92. The zero-order valence-corrected chi connectivity index (χ0v) is 12.5. The van der Waals surface area contributed by atoms with Crippen LogP contribution in [0.2, 0.25) is 0 Å². The SMILES string of the molecule is CNc1cc(NC2CCC(C)(C)CC2)nc(C(F)(F)F)n1. The van der Waals surface area contributed by atoms with Crippen molar-refractivity contribution >= 4 is 11.6 Å². The highest BCUT2D eigenvalue weighted by Gasteiger charge is 2.35. The number of aromatic nitrogens is 2. The monoisotopic (exact) mass is 302 g/mol. The summed E-state index contributed by atoms with van der Waals surface area (Å²) in [6, 6.07) is 1.67. The molecule has 0 amide bonds. The number of halogens is 3. The molecule has 21 heavy (non-hydrogen) atoms.